The number of hydrogen-bond donors (Lipinski definition) is 1. The van der Waals surface area contributed by atoms with Crippen LogP contribution in [0, 0.1) is 0 Å². The van der Waals surface area contributed by atoms with Crippen molar-refractivity contribution in [1.82, 2.24) is 4.98 Å². The maximum absolute atomic E-state index is 4.01. The van der Waals surface area contributed by atoms with Gasteiger partial charge in [-0.3, -0.25) is 0 Å². The predicted molar refractivity (Wildman–Crippen MR) is 200 cm³/mol. The van der Waals surface area contributed by atoms with Crippen LogP contribution in [0.25, 0.3) is 77.1 Å². The molecule has 0 amide bonds. The molecule has 1 N–H and O–H groups in total. The minimum Gasteiger partial charge on any atom is -0.354 e. The van der Waals surface area contributed by atoms with Crippen LogP contribution >= 0.6 is 0 Å². The Morgan fingerprint density at radius 2 is 0.917 bits per heavy atom. The average molecular weight is 608 g/mol. The van der Waals surface area contributed by atoms with E-state index in [9.17, 15) is 0 Å². The maximum Gasteiger partial charge on any atom is 0.0746 e. The number of nitrogens with one attached hydrogen (secondary N) is 1. The zero-order valence-electron chi connectivity index (χ0n) is 26.2. The fourth-order valence-corrected chi connectivity index (χ4v) is 9.11. The quantitative estimate of drug-likeness (QED) is 0.201. The highest BCUT2D eigenvalue weighted by atomic mass is 14.7. The lowest BCUT2D eigenvalue weighted by Crippen LogP contribution is -2.26. The van der Waals surface area contributed by atoms with E-state index in [2.05, 4.69) is 175 Å². The summed E-state index contributed by atoms with van der Waals surface area (Å²) < 4.78 is 0. The van der Waals surface area contributed by atoms with E-state index in [0.29, 0.717) is 0 Å². The number of aromatic amines is 1. The van der Waals surface area contributed by atoms with Crippen LogP contribution in [0.1, 0.15) is 22.3 Å². The molecule has 0 radical (unpaired) electrons. The normalized spacial score (nSPS) is 13.6. The molecule has 222 valence electrons. The first kappa shape index (κ1) is 25.9. The molecule has 0 saturated carbocycles. The van der Waals surface area contributed by atoms with Gasteiger partial charge in [-0.25, -0.2) is 0 Å². The van der Waals surface area contributed by atoms with E-state index in [0.717, 1.165) is 0 Å². The maximum atomic E-state index is 4.01. The van der Waals surface area contributed by atoms with E-state index < -0.39 is 5.41 Å². The highest BCUT2D eigenvalue weighted by Gasteiger charge is 2.53. The lowest BCUT2D eigenvalue weighted by Gasteiger charge is -2.31. The SMILES string of the molecule is c1ccc(-c2ccc3c(c2)C2(c4cc(-c5ccccc5)ccc4-3)c3ccccc3-c3c2c2[nH]c4ccccc4c2c2ccccc32)cc1. The molecule has 1 spiro atoms. The Morgan fingerprint density at radius 3 is 1.58 bits per heavy atom. The van der Waals surface area contributed by atoms with Gasteiger partial charge >= 0.3 is 0 Å². The second-order valence-corrected chi connectivity index (χ2v) is 13.3. The van der Waals surface area contributed by atoms with Gasteiger partial charge in [-0.2, -0.15) is 0 Å². The Kier molecular flexibility index (Phi) is 5.10. The molecule has 0 saturated heterocycles. The largest absolute Gasteiger partial charge is 0.354 e. The van der Waals surface area contributed by atoms with Crippen molar-refractivity contribution >= 4 is 32.6 Å². The first-order chi connectivity index (χ1) is 23.8. The zero-order valence-corrected chi connectivity index (χ0v) is 26.2. The van der Waals surface area contributed by atoms with Crippen LogP contribution in [0.2, 0.25) is 0 Å². The molecule has 1 aromatic heterocycles. The molecule has 9 aromatic rings. The summed E-state index contributed by atoms with van der Waals surface area (Å²) >= 11 is 0. The van der Waals surface area contributed by atoms with Gasteiger partial charge in [-0.05, 0) is 90.2 Å². The fourth-order valence-electron chi connectivity index (χ4n) is 9.11. The fraction of sp³-hybridized carbons (Fsp3) is 0.0213. The molecule has 11 rings (SSSR count). The highest BCUT2D eigenvalue weighted by molar-refractivity contribution is 6.27. The van der Waals surface area contributed by atoms with Gasteiger partial charge < -0.3 is 4.98 Å². The first-order valence-electron chi connectivity index (χ1n) is 16.8. The predicted octanol–water partition coefficient (Wildman–Crippen LogP) is 12.2. The molecule has 0 fully saturated rings. The Labute approximate surface area is 278 Å². The molecule has 0 bridgehead atoms. The van der Waals surface area contributed by atoms with Crippen LogP contribution < -0.4 is 0 Å². The molecule has 0 unspecified atom stereocenters. The Morgan fingerprint density at radius 1 is 0.375 bits per heavy atom. The summed E-state index contributed by atoms with van der Waals surface area (Å²) in [5, 5.41) is 5.18. The second kappa shape index (κ2) is 9.44. The Balaban J connectivity index is 1.38. The van der Waals surface area contributed by atoms with Crippen molar-refractivity contribution in [2.45, 2.75) is 5.41 Å². The van der Waals surface area contributed by atoms with Crippen molar-refractivity contribution in [1.29, 1.82) is 0 Å². The van der Waals surface area contributed by atoms with Gasteiger partial charge in [0.1, 0.15) is 0 Å². The molecule has 0 atom stereocenters. The van der Waals surface area contributed by atoms with Crippen molar-refractivity contribution < 1.29 is 0 Å². The third-order valence-electron chi connectivity index (χ3n) is 11.0. The van der Waals surface area contributed by atoms with Crippen molar-refractivity contribution in [2.24, 2.45) is 0 Å². The number of benzene rings is 8. The number of rotatable bonds is 2. The third-order valence-corrected chi connectivity index (χ3v) is 11.0. The summed E-state index contributed by atoms with van der Waals surface area (Å²) in [4.78, 5) is 4.01. The van der Waals surface area contributed by atoms with Crippen LogP contribution in [0.3, 0.4) is 0 Å². The van der Waals surface area contributed by atoms with Gasteiger partial charge in [0.2, 0.25) is 0 Å². The van der Waals surface area contributed by atoms with E-state index in [1.807, 2.05) is 0 Å². The van der Waals surface area contributed by atoms with Gasteiger partial charge in [0, 0.05) is 21.9 Å². The molecule has 2 aliphatic carbocycles. The standard InChI is InChI=1S/C47H29N/c1-3-13-29(14-4-1)31-23-25-33-34-26-24-32(30-15-5-2-6-16-30)28-41(34)47(40(33)27-31)39-21-11-9-19-37(39)43-35-17-7-8-18-36(35)44-38-20-10-12-22-42(38)48-46(44)45(43)47/h1-28,48H. The van der Waals surface area contributed by atoms with Crippen molar-refractivity contribution in [3.8, 4) is 44.5 Å². The number of H-pyrrole nitrogens is 1. The minimum atomic E-state index is -0.519. The van der Waals surface area contributed by atoms with E-state index in [1.54, 1.807) is 0 Å². The number of hydrogen-bond acceptors (Lipinski definition) is 0. The van der Waals surface area contributed by atoms with Crippen LogP contribution in [0.5, 0.6) is 0 Å². The van der Waals surface area contributed by atoms with Crippen LogP contribution in [-0.4, -0.2) is 4.98 Å². The number of fused-ring (bicyclic) bond motifs is 17. The van der Waals surface area contributed by atoms with E-state index in [1.165, 1.54) is 99.3 Å². The summed E-state index contributed by atoms with van der Waals surface area (Å²) in [6.07, 6.45) is 0. The Bertz CT molecular complexity index is 2680. The Hall–Kier alpha value is -6.18. The van der Waals surface area contributed by atoms with Crippen molar-refractivity contribution in [2.75, 3.05) is 0 Å². The van der Waals surface area contributed by atoms with E-state index >= 15 is 0 Å². The second-order valence-electron chi connectivity index (χ2n) is 13.3. The van der Waals surface area contributed by atoms with Gasteiger partial charge in [0.05, 0.1) is 10.9 Å². The minimum absolute atomic E-state index is 0.519. The molecule has 1 heteroatoms. The highest BCUT2D eigenvalue weighted by Crippen LogP contribution is 2.66. The summed E-state index contributed by atoms with van der Waals surface area (Å²) in [7, 11) is 0. The molecular formula is C47H29N. The van der Waals surface area contributed by atoms with Crippen LogP contribution in [0.4, 0.5) is 0 Å². The third kappa shape index (κ3) is 3.21. The molecule has 1 heterocycles. The monoisotopic (exact) mass is 607 g/mol. The molecule has 48 heavy (non-hydrogen) atoms. The van der Waals surface area contributed by atoms with Gasteiger partial charge in [0.15, 0.2) is 0 Å². The van der Waals surface area contributed by atoms with E-state index in [-0.39, 0.29) is 0 Å². The summed E-state index contributed by atoms with van der Waals surface area (Å²) in [5.74, 6) is 0. The van der Waals surface area contributed by atoms with Gasteiger partial charge in [-0.15, -0.1) is 0 Å². The molecule has 0 aliphatic heterocycles. The number of para-hydroxylation sites is 1. The van der Waals surface area contributed by atoms with Gasteiger partial charge in [-0.1, -0.05) is 152 Å². The van der Waals surface area contributed by atoms with Crippen LogP contribution in [-0.2, 0) is 5.41 Å². The average Bonchev–Trinajstić information content (AvgIpc) is 3.79. The summed E-state index contributed by atoms with van der Waals surface area (Å²) in [6, 6.07) is 63.0. The van der Waals surface area contributed by atoms with Crippen LogP contribution in [0.15, 0.2) is 170 Å². The number of aromatic nitrogens is 1. The first-order valence-corrected chi connectivity index (χ1v) is 16.8. The van der Waals surface area contributed by atoms with Gasteiger partial charge in [0.25, 0.3) is 0 Å². The zero-order chi connectivity index (χ0) is 31.4. The smallest absolute Gasteiger partial charge is 0.0746 e. The molecule has 8 aromatic carbocycles. The molecule has 1 nitrogen and oxygen atoms in total. The summed E-state index contributed by atoms with van der Waals surface area (Å²) in [6.45, 7) is 0. The molecule has 2 aliphatic rings. The van der Waals surface area contributed by atoms with Crippen molar-refractivity contribution in [3.05, 3.63) is 192 Å². The van der Waals surface area contributed by atoms with Crippen molar-refractivity contribution in [3.63, 3.8) is 0 Å². The topological polar surface area (TPSA) is 15.8 Å². The summed E-state index contributed by atoms with van der Waals surface area (Å²) in [5.41, 5.74) is 17.5. The molecular weight excluding hydrogens is 579 g/mol. The van der Waals surface area contributed by atoms with E-state index in [4.69, 9.17) is 0 Å². The lowest BCUT2D eigenvalue weighted by atomic mass is 9.69. The lowest BCUT2D eigenvalue weighted by molar-refractivity contribution is 0.800.